The van der Waals surface area contributed by atoms with Gasteiger partial charge in [-0.3, -0.25) is 0 Å². The fourth-order valence-electron chi connectivity index (χ4n) is 2.15. The molecule has 0 aromatic rings. The van der Waals surface area contributed by atoms with E-state index in [2.05, 4.69) is 13.8 Å². The molecule has 0 aliphatic rings. The summed E-state index contributed by atoms with van der Waals surface area (Å²) in [7, 11) is 0. The first-order chi connectivity index (χ1) is 10.1. The molecule has 0 saturated heterocycles. The average molecular weight is 412 g/mol. The zero-order valence-electron chi connectivity index (χ0n) is 14.3. The van der Waals surface area contributed by atoms with Gasteiger partial charge in [0.2, 0.25) is 0 Å². The summed E-state index contributed by atoms with van der Waals surface area (Å²) in [5.74, 6) is 0. The van der Waals surface area contributed by atoms with Crippen LogP contribution in [0.15, 0.2) is 0 Å². The molecule has 2 nitrogen and oxygen atoms in total. The zero-order valence-corrected chi connectivity index (χ0v) is 17.8. The van der Waals surface area contributed by atoms with Crippen LogP contribution in [0.5, 0.6) is 0 Å². The maximum atomic E-state index is 5.60. The van der Waals surface area contributed by atoms with Crippen LogP contribution in [0.2, 0.25) is 0 Å². The molecular weight excluding hydrogens is 378 g/mol. The summed E-state index contributed by atoms with van der Waals surface area (Å²) in [5, 5.41) is 0. The zero-order chi connectivity index (χ0) is 15.8. The summed E-state index contributed by atoms with van der Waals surface area (Å²) in [6.07, 6.45) is 15.0. The van der Waals surface area contributed by atoms with Gasteiger partial charge in [-0.25, -0.2) is 0 Å². The molecule has 0 aromatic heterocycles. The first-order valence-electron chi connectivity index (χ1n) is 8.72. The van der Waals surface area contributed by atoms with E-state index in [0.29, 0.717) is 13.2 Å². The van der Waals surface area contributed by atoms with E-state index in [4.69, 9.17) is 33.1 Å². The Hall–Kier alpha value is 1.41. The van der Waals surface area contributed by atoms with Crippen molar-refractivity contribution in [1.82, 2.24) is 0 Å². The molecule has 0 aromatic carbocycles. The number of rotatable bonds is 16. The Morgan fingerprint density at radius 3 is 1.36 bits per heavy atom. The number of unbranched alkanes of at least 4 members (excludes halogenated alkanes) is 10. The van der Waals surface area contributed by atoms with Crippen LogP contribution >= 0.6 is 5.69 Å². The van der Waals surface area contributed by atoms with Gasteiger partial charge in [0.05, 0.1) is 18.9 Å². The molecule has 0 atom stereocenters. The Morgan fingerprint density at radius 1 is 0.682 bits per heavy atom. The van der Waals surface area contributed by atoms with E-state index >= 15 is 0 Å². The molecule has 6 heteroatoms. The third-order valence-corrected chi connectivity index (χ3v) is 5.76. The Labute approximate surface area is 159 Å². The molecule has 0 aliphatic carbocycles. The molecule has 0 fully saturated rings. The van der Waals surface area contributed by atoms with E-state index in [1.807, 2.05) is 0 Å². The van der Waals surface area contributed by atoms with Gasteiger partial charge in [0.25, 0.3) is 0 Å². The normalized spacial score (nSPS) is 11.4. The van der Waals surface area contributed by atoms with Gasteiger partial charge in [-0.15, -0.1) is 0 Å². The van der Waals surface area contributed by atoms with Crippen LogP contribution < -0.4 is 0 Å². The molecular formula is C16H34NiO2PS2-. The molecule has 0 amide bonds. The second-order valence-electron chi connectivity index (χ2n) is 5.65. The largest absolute Gasteiger partial charge is 0.691 e. The van der Waals surface area contributed by atoms with E-state index in [1.54, 1.807) is 0 Å². The Kier molecular flexibility index (Phi) is 21.9. The number of hydrogen-bond donors (Lipinski definition) is 0. The molecule has 0 N–H and O–H groups in total. The quantitative estimate of drug-likeness (QED) is 0.124. The van der Waals surface area contributed by atoms with Gasteiger partial charge in [0.1, 0.15) is 0 Å². The molecule has 138 valence electrons. The van der Waals surface area contributed by atoms with Gasteiger partial charge in [-0.2, -0.15) is 0 Å². The van der Waals surface area contributed by atoms with Crippen LogP contribution in [-0.2, 0) is 49.6 Å². The SMILES string of the molecule is CCCCCCCCOP(=S)([S-])OCCCCCCCC.[Ni]. The summed E-state index contributed by atoms with van der Waals surface area (Å²) in [6, 6.07) is 0. The van der Waals surface area contributed by atoms with E-state index in [-0.39, 0.29) is 16.5 Å². The van der Waals surface area contributed by atoms with Crippen molar-refractivity contribution in [3.63, 3.8) is 0 Å². The molecule has 0 unspecified atom stereocenters. The third-order valence-electron chi connectivity index (χ3n) is 3.49. The minimum atomic E-state index is -2.40. The van der Waals surface area contributed by atoms with Gasteiger partial charge in [0.15, 0.2) is 0 Å². The molecule has 0 rings (SSSR count). The second-order valence-corrected chi connectivity index (χ2v) is 10.6. The van der Waals surface area contributed by atoms with E-state index in [9.17, 15) is 0 Å². The van der Waals surface area contributed by atoms with Crippen LogP contribution in [0, 0.1) is 0 Å². The van der Waals surface area contributed by atoms with Gasteiger partial charge < -0.3 is 21.3 Å². The maximum Gasteiger partial charge on any atom is 0.0563 e. The van der Waals surface area contributed by atoms with Crippen LogP contribution in [0.25, 0.3) is 0 Å². The molecule has 0 spiro atoms. The van der Waals surface area contributed by atoms with Gasteiger partial charge in [-0.05, 0) is 12.8 Å². The first-order valence-corrected chi connectivity index (χ1v) is 12.4. The average Bonchev–Trinajstić information content (AvgIpc) is 2.45. The summed E-state index contributed by atoms with van der Waals surface area (Å²) < 4.78 is 11.2. The standard InChI is InChI=1S/C16H35O2PS2.Ni/c1-3-5-7-9-11-13-15-17-19(20,21)18-16-14-12-10-8-6-4-2;/h3-16H2,1-2H3,(H,20,21);/p-1. The van der Waals surface area contributed by atoms with Crippen molar-refractivity contribution in [2.24, 2.45) is 0 Å². The summed E-state index contributed by atoms with van der Waals surface area (Å²) in [4.78, 5) is 0. The number of hydrogen-bond acceptors (Lipinski definition) is 4. The molecule has 0 heterocycles. The Morgan fingerprint density at radius 2 is 1.00 bits per heavy atom. The van der Waals surface area contributed by atoms with Gasteiger partial charge in [0, 0.05) is 16.5 Å². The molecule has 22 heavy (non-hydrogen) atoms. The fraction of sp³-hybridized carbons (Fsp3) is 1.00. The summed E-state index contributed by atoms with van der Waals surface area (Å²) >= 11 is 10.5. The molecule has 0 aliphatic heterocycles. The van der Waals surface area contributed by atoms with Crippen LogP contribution in [-0.4, -0.2) is 13.2 Å². The smallest absolute Gasteiger partial charge is 0.0563 e. The fourth-order valence-corrected chi connectivity index (χ4v) is 3.83. The van der Waals surface area contributed by atoms with E-state index in [1.165, 1.54) is 64.2 Å². The minimum Gasteiger partial charge on any atom is -0.691 e. The Balaban J connectivity index is 0. The summed E-state index contributed by atoms with van der Waals surface area (Å²) in [5.41, 5.74) is -2.40. The molecule has 0 radical (unpaired) electrons. The molecule has 0 saturated carbocycles. The van der Waals surface area contributed by atoms with Crippen LogP contribution in [0.4, 0.5) is 0 Å². The maximum absolute atomic E-state index is 5.60. The van der Waals surface area contributed by atoms with Crippen molar-refractivity contribution in [2.75, 3.05) is 13.2 Å². The van der Waals surface area contributed by atoms with E-state index in [0.717, 1.165) is 12.8 Å². The van der Waals surface area contributed by atoms with Crippen molar-refractivity contribution < 1.29 is 25.5 Å². The molecule has 0 bridgehead atoms. The summed E-state index contributed by atoms with van der Waals surface area (Å²) in [6.45, 7) is 5.81. The van der Waals surface area contributed by atoms with Gasteiger partial charge in [-0.1, -0.05) is 89.9 Å². The minimum absolute atomic E-state index is 0. The third kappa shape index (κ3) is 19.5. The van der Waals surface area contributed by atoms with Gasteiger partial charge >= 0.3 is 0 Å². The van der Waals surface area contributed by atoms with Crippen molar-refractivity contribution in [1.29, 1.82) is 0 Å². The predicted octanol–water partition coefficient (Wildman–Crippen LogP) is 6.51. The predicted molar refractivity (Wildman–Crippen MR) is 100 cm³/mol. The second kappa shape index (κ2) is 18.7. The van der Waals surface area contributed by atoms with Crippen LogP contribution in [0.3, 0.4) is 0 Å². The first kappa shape index (κ1) is 25.7. The monoisotopic (exact) mass is 411 g/mol. The Bertz CT molecular complexity index is 247. The van der Waals surface area contributed by atoms with Crippen molar-refractivity contribution >= 4 is 29.7 Å². The van der Waals surface area contributed by atoms with E-state index < -0.39 is 5.69 Å². The topological polar surface area (TPSA) is 18.5 Å². The van der Waals surface area contributed by atoms with Crippen molar-refractivity contribution in [3.05, 3.63) is 0 Å². The van der Waals surface area contributed by atoms with Crippen molar-refractivity contribution in [2.45, 2.75) is 90.9 Å². The van der Waals surface area contributed by atoms with Crippen LogP contribution in [0.1, 0.15) is 90.9 Å². The van der Waals surface area contributed by atoms with Crippen molar-refractivity contribution in [3.8, 4) is 0 Å².